The lowest BCUT2D eigenvalue weighted by molar-refractivity contribution is -0.114. The second-order valence-corrected chi connectivity index (χ2v) is 2.83. The Kier molecular flexibility index (Phi) is 5.85. The molecule has 82 valence electrons. The highest BCUT2D eigenvalue weighted by Gasteiger charge is 2.05. The maximum absolute atomic E-state index is 11.3. The monoisotopic (exact) mass is 208 g/mol. The van der Waals surface area contributed by atoms with Gasteiger partial charge in [-0.15, -0.1) is 0 Å². The molecule has 0 aromatic carbocycles. The third-order valence-electron chi connectivity index (χ3n) is 1.70. The number of nitrogens with one attached hydrogen (secondary N) is 2. The number of nitrogens with zero attached hydrogens (tertiary/aromatic N) is 2. The number of hydrogen-bond donors (Lipinski definition) is 2. The average Bonchev–Trinajstić information content (AvgIpc) is 2.24. The van der Waals surface area contributed by atoms with Crippen molar-refractivity contribution in [3.63, 3.8) is 0 Å². The maximum Gasteiger partial charge on any atom is 0.265 e. The quantitative estimate of drug-likeness (QED) is 0.653. The first-order chi connectivity index (χ1) is 7.06. The zero-order valence-electron chi connectivity index (χ0n) is 9.29. The maximum atomic E-state index is 11.3. The van der Waals surface area contributed by atoms with Crippen LogP contribution in [0.5, 0.6) is 0 Å². The summed E-state index contributed by atoms with van der Waals surface area (Å²) in [6, 6.07) is 0. The van der Waals surface area contributed by atoms with Crippen molar-refractivity contribution in [2.24, 2.45) is 9.98 Å². The molecule has 0 aliphatic rings. The minimum absolute atomic E-state index is 0.242. The van der Waals surface area contributed by atoms with Crippen molar-refractivity contribution in [1.82, 2.24) is 5.32 Å². The summed E-state index contributed by atoms with van der Waals surface area (Å²) in [7, 11) is 0. The Balaban J connectivity index is 4.94. The Hall–Kier alpha value is -1.78. The third-order valence-corrected chi connectivity index (χ3v) is 1.70. The van der Waals surface area contributed by atoms with Gasteiger partial charge in [-0.1, -0.05) is 0 Å². The van der Waals surface area contributed by atoms with E-state index in [0.717, 1.165) is 6.21 Å². The second-order valence-electron chi connectivity index (χ2n) is 2.83. The second kappa shape index (κ2) is 6.64. The Morgan fingerprint density at radius 3 is 2.53 bits per heavy atom. The fraction of sp³-hybridized carbons (Fsp3) is 0.400. The lowest BCUT2D eigenvalue weighted by Crippen LogP contribution is -2.29. The lowest BCUT2D eigenvalue weighted by atomic mass is 10.3. The smallest absolute Gasteiger partial charge is 0.265 e. The molecule has 0 rings (SSSR count). The molecule has 0 aliphatic carbocycles. The van der Waals surface area contributed by atoms with E-state index in [1.165, 1.54) is 0 Å². The lowest BCUT2D eigenvalue weighted by Gasteiger charge is -2.02. The van der Waals surface area contributed by atoms with Crippen LogP contribution in [-0.2, 0) is 4.79 Å². The molecule has 0 unspecified atom stereocenters. The van der Waals surface area contributed by atoms with Crippen LogP contribution in [0, 0.1) is 5.41 Å². The number of aliphatic imine (C=N–C) groups is 2. The molecule has 1 amide bonds. The molecule has 0 atom stereocenters. The van der Waals surface area contributed by atoms with Gasteiger partial charge in [0, 0.05) is 12.8 Å². The summed E-state index contributed by atoms with van der Waals surface area (Å²) in [5.74, 6) is -0.242. The van der Waals surface area contributed by atoms with Crippen molar-refractivity contribution in [1.29, 1.82) is 5.41 Å². The van der Waals surface area contributed by atoms with E-state index in [2.05, 4.69) is 22.0 Å². The highest BCUT2D eigenvalue weighted by atomic mass is 16.1. The van der Waals surface area contributed by atoms with E-state index in [1.54, 1.807) is 13.8 Å². The summed E-state index contributed by atoms with van der Waals surface area (Å²) in [5.41, 5.74) is 1.17. The number of carbonyl (C=O) groups excluding carboxylic acids is 1. The van der Waals surface area contributed by atoms with Crippen LogP contribution in [0.25, 0.3) is 0 Å². The van der Waals surface area contributed by atoms with Crippen LogP contribution in [0.1, 0.15) is 20.8 Å². The molecule has 0 saturated carbocycles. The summed E-state index contributed by atoms with van der Waals surface area (Å²) in [6.07, 6.45) is 1.05. The van der Waals surface area contributed by atoms with Crippen LogP contribution in [0.2, 0.25) is 0 Å². The number of amides is 1. The highest BCUT2D eigenvalue weighted by Crippen LogP contribution is 2.04. The molecule has 0 heterocycles. The fourth-order valence-corrected chi connectivity index (χ4v) is 0.819. The van der Waals surface area contributed by atoms with Gasteiger partial charge >= 0.3 is 0 Å². The van der Waals surface area contributed by atoms with E-state index in [-0.39, 0.29) is 5.91 Å². The number of allylic oxidation sites excluding steroid dienone is 2. The van der Waals surface area contributed by atoms with E-state index in [4.69, 9.17) is 5.41 Å². The predicted octanol–water partition coefficient (Wildman–Crippen LogP) is 1.17. The van der Waals surface area contributed by atoms with Crippen molar-refractivity contribution in [2.75, 3.05) is 6.54 Å². The molecule has 0 spiro atoms. The topological polar surface area (TPSA) is 77.7 Å². The fourth-order valence-electron chi connectivity index (χ4n) is 0.819. The van der Waals surface area contributed by atoms with Gasteiger partial charge in [0.2, 0.25) is 0 Å². The molecule has 0 bridgehead atoms. The molecular weight excluding hydrogens is 192 g/mol. The minimum Gasteiger partial charge on any atom is -0.351 e. The predicted molar refractivity (Wildman–Crippen MR) is 62.8 cm³/mol. The molecular formula is C10H16N4O. The number of rotatable bonds is 5. The van der Waals surface area contributed by atoms with Gasteiger partial charge in [-0.2, -0.15) is 0 Å². The molecule has 5 heteroatoms. The minimum atomic E-state index is -0.242. The summed E-state index contributed by atoms with van der Waals surface area (Å²) < 4.78 is 0. The molecule has 0 aromatic rings. The van der Waals surface area contributed by atoms with Crippen molar-refractivity contribution in [2.45, 2.75) is 20.8 Å². The first-order valence-electron chi connectivity index (χ1n) is 4.58. The molecule has 2 N–H and O–H groups in total. The third kappa shape index (κ3) is 4.30. The SMILES string of the molecule is C=N/C(C)=C(\C=N)N=C(C)C(=O)NCC. The van der Waals surface area contributed by atoms with Gasteiger partial charge in [-0.25, -0.2) is 4.99 Å². The van der Waals surface area contributed by atoms with E-state index in [0.29, 0.717) is 23.7 Å². The Bertz CT molecular complexity index is 328. The Morgan fingerprint density at radius 2 is 2.13 bits per heavy atom. The normalized spacial score (nSPS) is 12.9. The van der Waals surface area contributed by atoms with Crippen LogP contribution in [-0.4, -0.2) is 31.1 Å². The van der Waals surface area contributed by atoms with Gasteiger partial charge in [0.05, 0.1) is 5.70 Å². The van der Waals surface area contributed by atoms with Gasteiger partial charge in [0.15, 0.2) is 0 Å². The molecule has 0 aromatic heterocycles. The Morgan fingerprint density at radius 1 is 1.53 bits per heavy atom. The van der Waals surface area contributed by atoms with Crippen LogP contribution >= 0.6 is 0 Å². The zero-order chi connectivity index (χ0) is 11.8. The van der Waals surface area contributed by atoms with Crippen molar-refractivity contribution < 1.29 is 4.79 Å². The molecule has 0 aliphatic heterocycles. The molecule has 0 fully saturated rings. The van der Waals surface area contributed by atoms with Gasteiger partial charge in [-0.05, 0) is 27.5 Å². The van der Waals surface area contributed by atoms with Crippen LogP contribution < -0.4 is 5.32 Å². The first-order valence-corrected chi connectivity index (χ1v) is 4.58. The van der Waals surface area contributed by atoms with Crippen LogP contribution in [0.3, 0.4) is 0 Å². The largest absolute Gasteiger partial charge is 0.351 e. The van der Waals surface area contributed by atoms with E-state index >= 15 is 0 Å². The summed E-state index contributed by atoms with van der Waals surface area (Å²) in [4.78, 5) is 19.0. The van der Waals surface area contributed by atoms with Gasteiger partial charge < -0.3 is 10.7 Å². The van der Waals surface area contributed by atoms with Crippen molar-refractivity contribution in [3.8, 4) is 0 Å². The summed E-state index contributed by atoms with van der Waals surface area (Å²) >= 11 is 0. The van der Waals surface area contributed by atoms with Gasteiger partial charge in [-0.3, -0.25) is 9.79 Å². The van der Waals surface area contributed by atoms with E-state index in [9.17, 15) is 4.79 Å². The molecule has 15 heavy (non-hydrogen) atoms. The van der Waals surface area contributed by atoms with Crippen molar-refractivity contribution in [3.05, 3.63) is 11.4 Å². The molecule has 5 nitrogen and oxygen atoms in total. The standard InChI is InChI=1S/C10H16N4O/c1-5-13-10(15)8(3)14-9(6-11)7(2)12-4/h6,11H,4-5H2,1-3H3,(H,13,15)/b9-7+,11-6?,14-8?. The molecule has 0 radical (unpaired) electrons. The zero-order valence-corrected chi connectivity index (χ0v) is 9.29. The summed E-state index contributed by atoms with van der Waals surface area (Å²) in [5, 5.41) is 9.74. The van der Waals surface area contributed by atoms with Crippen LogP contribution in [0.15, 0.2) is 21.4 Å². The van der Waals surface area contributed by atoms with E-state index in [1.807, 2.05) is 6.92 Å². The summed E-state index contributed by atoms with van der Waals surface area (Å²) in [6.45, 7) is 8.99. The van der Waals surface area contributed by atoms with Crippen molar-refractivity contribution >= 4 is 24.6 Å². The molecule has 0 saturated heterocycles. The van der Waals surface area contributed by atoms with Crippen LogP contribution in [0.4, 0.5) is 0 Å². The first kappa shape index (κ1) is 13.2. The highest BCUT2D eigenvalue weighted by molar-refractivity contribution is 6.38. The van der Waals surface area contributed by atoms with Gasteiger partial charge in [0.25, 0.3) is 5.91 Å². The Labute approximate surface area is 89.5 Å². The number of carbonyl (C=O) groups is 1. The average molecular weight is 208 g/mol. The van der Waals surface area contributed by atoms with E-state index < -0.39 is 0 Å². The van der Waals surface area contributed by atoms with Gasteiger partial charge in [0.1, 0.15) is 11.4 Å². The number of hydrogen-bond acceptors (Lipinski definition) is 4.